The van der Waals surface area contributed by atoms with Crippen molar-refractivity contribution in [2.24, 2.45) is 0 Å². The molecule has 1 aliphatic rings. The molecule has 1 heterocycles. The Kier molecular flexibility index (Phi) is 7.56. The molecule has 1 fully saturated rings. The van der Waals surface area contributed by atoms with E-state index in [-0.39, 0.29) is 18.4 Å². The number of aliphatic carboxylic acids is 1. The smallest absolute Gasteiger partial charge is 0.372 e. The quantitative estimate of drug-likeness (QED) is 0.570. The highest BCUT2D eigenvalue weighted by Crippen LogP contribution is 2.12. The van der Waals surface area contributed by atoms with Gasteiger partial charge in [-0.1, -0.05) is 30.3 Å². The Hall–Kier alpha value is -2.25. The van der Waals surface area contributed by atoms with Crippen molar-refractivity contribution < 1.29 is 19.5 Å². The summed E-state index contributed by atoms with van der Waals surface area (Å²) in [7, 11) is 0. The number of hydrogen-bond donors (Lipinski definition) is 3. The van der Waals surface area contributed by atoms with Crippen LogP contribution in [0.5, 0.6) is 0 Å². The van der Waals surface area contributed by atoms with Crippen LogP contribution in [0.1, 0.15) is 31.2 Å². The van der Waals surface area contributed by atoms with E-state index >= 15 is 0 Å². The van der Waals surface area contributed by atoms with Gasteiger partial charge in [0.05, 0.1) is 0 Å². The lowest BCUT2D eigenvalue weighted by Crippen LogP contribution is -2.56. The zero-order valence-electron chi connectivity index (χ0n) is 14.2. The Morgan fingerprint density at radius 2 is 2.00 bits per heavy atom. The Morgan fingerprint density at radius 3 is 2.72 bits per heavy atom. The van der Waals surface area contributed by atoms with E-state index < -0.39 is 11.8 Å². The summed E-state index contributed by atoms with van der Waals surface area (Å²) < 4.78 is 0. The molecule has 1 aromatic rings. The second-order valence-electron chi connectivity index (χ2n) is 6.12. The number of hydrazine groups is 1. The number of carbonyl (C=O) groups is 3. The molecule has 0 bridgehead atoms. The molecule has 1 amide bonds. The van der Waals surface area contributed by atoms with Gasteiger partial charge in [-0.3, -0.25) is 15.0 Å². The number of nitrogens with one attached hydrogen (secondary N) is 2. The summed E-state index contributed by atoms with van der Waals surface area (Å²) in [5.74, 6) is -2.23. The van der Waals surface area contributed by atoms with Gasteiger partial charge in [0, 0.05) is 26.1 Å². The van der Waals surface area contributed by atoms with Crippen molar-refractivity contribution in [2.75, 3.05) is 19.6 Å². The number of hydrogen-bond acceptors (Lipinski definition) is 5. The molecule has 0 unspecified atom stereocenters. The molecule has 25 heavy (non-hydrogen) atoms. The monoisotopic (exact) mass is 347 g/mol. The first-order chi connectivity index (χ1) is 12.1. The van der Waals surface area contributed by atoms with Crippen LogP contribution >= 0.6 is 0 Å². The molecule has 1 saturated heterocycles. The average Bonchev–Trinajstić information content (AvgIpc) is 2.62. The SMILES string of the molecule is O=C(O)C(=O)CCCN1NCCC[C@H]1C(=O)NCCc1ccccc1. The van der Waals surface area contributed by atoms with Crippen molar-refractivity contribution in [1.82, 2.24) is 15.8 Å². The minimum Gasteiger partial charge on any atom is -0.476 e. The molecular weight excluding hydrogens is 322 g/mol. The summed E-state index contributed by atoms with van der Waals surface area (Å²) in [6, 6.07) is 9.68. The predicted molar refractivity (Wildman–Crippen MR) is 92.8 cm³/mol. The Labute approximate surface area is 147 Å². The fraction of sp³-hybridized carbons (Fsp3) is 0.500. The van der Waals surface area contributed by atoms with Gasteiger partial charge in [-0.05, 0) is 31.2 Å². The van der Waals surface area contributed by atoms with Crippen LogP contribution in [0.4, 0.5) is 0 Å². The third-order valence-corrected chi connectivity index (χ3v) is 4.25. The second kappa shape index (κ2) is 9.90. The molecule has 0 aromatic heterocycles. The van der Waals surface area contributed by atoms with Gasteiger partial charge >= 0.3 is 5.97 Å². The fourth-order valence-corrected chi connectivity index (χ4v) is 2.90. The van der Waals surface area contributed by atoms with E-state index in [0.717, 1.165) is 25.8 Å². The molecule has 3 N–H and O–H groups in total. The number of Topliss-reactive ketones (excluding diaryl/α,β-unsaturated/α-hetero) is 1. The van der Waals surface area contributed by atoms with Gasteiger partial charge in [0.2, 0.25) is 11.7 Å². The number of ketones is 1. The minimum absolute atomic E-state index is 0.0180. The van der Waals surface area contributed by atoms with Crippen LogP contribution in [0.2, 0.25) is 0 Å². The Balaban J connectivity index is 1.77. The number of carboxylic acid groups (broad SMARTS) is 1. The lowest BCUT2D eigenvalue weighted by Gasteiger charge is -2.35. The zero-order chi connectivity index (χ0) is 18.1. The van der Waals surface area contributed by atoms with Gasteiger partial charge in [-0.25, -0.2) is 9.80 Å². The topological polar surface area (TPSA) is 98.7 Å². The van der Waals surface area contributed by atoms with Crippen molar-refractivity contribution >= 4 is 17.7 Å². The highest BCUT2D eigenvalue weighted by atomic mass is 16.4. The van der Waals surface area contributed by atoms with Gasteiger partial charge < -0.3 is 10.4 Å². The van der Waals surface area contributed by atoms with Crippen molar-refractivity contribution in [3.63, 3.8) is 0 Å². The van der Waals surface area contributed by atoms with Crippen molar-refractivity contribution in [3.05, 3.63) is 35.9 Å². The normalized spacial score (nSPS) is 17.8. The van der Waals surface area contributed by atoms with Crippen molar-refractivity contribution in [1.29, 1.82) is 0 Å². The molecule has 7 heteroatoms. The molecule has 0 aliphatic carbocycles. The van der Waals surface area contributed by atoms with Gasteiger partial charge in [0.1, 0.15) is 6.04 Å². The minimum atomic E-state index is -1.40. The van der Waals surface area contributed by atoms with Crippen LogP contribution in [0.25, 0.3) is 0 Å². The molecule has 1 aromatic carbocycles. The first-order valence-corrected chi connectivity index (χ1v) is 8.66. The van der Waals surface area contributed by atoms with E-state index in [2.05, 4.69) is 10.7 Å². The molecule has 0 radical (unpaired) electrons. The molecule has 136 valence electrons. The van der Waals surface area contributed by atoms with Crippen LogP contribution in [0, 0.1) is 0 Å². The van der Waals surface area contributed by atoms with Gasteiger partial charge in [-0.15, -0.1) is 0 Å². The van der Waals surface area contributed by atoms with Gasteiger partial charge in [0.15, 0.2) is 0 Å². The number of carboxylic acids is 1. The summed E-state index contributed by atoms with van der Waals surface area (Å²) in [6.07, 6.45) is 2.82. The standard InChI is InChI=1S/C18H25N3O4/c22-16(18(24)25)9-5-13-21-15(8-4-11-20-21)17(23)19-12-10-14-6-2-1-3-7-14/h1-3,6-7,15,20H,4-5,8-13H2,(H,19,23)(H,24,25)/t15-/m0/s1. The largest absolute Gasteiger partial charge is 0.476 e. The number of carbonyl (C=O) groups excluding carboxylic acids is 2. The van der Waals surface area contributed by atoms with E-state index in [1.165, 1.54) is 5.56 Å². The summed E-state index contributed by atoms with van der Waals surface area (Å²) in [6.45, 7) is 1.82. The van der Waals surface area contributed by atoms with E-state index in [1.54, 1.807) is 0 Å². The molecule has 2 rings (SSSR count). The average molecular weight is 347 g/mol. The van der Waals surface area contributed by atoms with E-state index in [0.29, 0.717) is 19.5 Å². The van der Waals surface area contributed by atoms with E-state index in [1.807, 2.05) is 35.3 Å². The maximum absolute atomic E-state index is 12.5. The summed E-state index contributed by atoms with van der Waals surface area (Å²) in [5.41, 5.74) is 4.35. The summed E-state index contributed by atoms with van der Waals surface area (Å²) in [5, 5.41) is 13.4. The highest BCUT2D eigenvalue weighted by Gasteiger charge is 2.28. The van der Waals surface area contributed by atoms with Crippen LogP contribution in [-0.4, -0.2) is 53.5 Å². The van der Waals surface area contributed by atoms with E-state index in [4.69, 9.17) is 5.11 Å². The maximum atomic E-state index is 12.5. The van der Waals surface area contributed by atoms with Crippen molar-refractivity contribution in [2.45, 2.75) is 38.1 Å². The van der Waals surface area contributed by atoms with E-state index in [9.17, 15) is 14.4 Å². The molecule has 1 atom stereocenters. The lowest BCUT2D eigenvalue weighted by atomic mass is 10.1. The maximum Gasteiger partial charge on any atom is 0.372 e. The van der Waals surface area contributed by atoms with Crippen molar-refractivity contribution in [3.8, 4) is 0 Å². The first-order valence-electron chi connectivity index (χ1n) is 8.66. The van der Waals surface area contributed by atoms with Crippen LogP contribution in [-0.2, 0) is 20.8 Å². The van der Waals surface area contributed by atoms with Crippen LogP contribution in [0.3, 0.4) is 0 Å². The van der Waals surface area contributed by atoms with Gasteiger partial charge in [-0.2, -0.15) is 0 Å². The molecule has 1 aliphatic heterocycles. The molecule has 0 spiro atoms. The summed E-state index contributed by atoms with van der Waals surface area (Å²) in [4.78, 5) is 34.2. The number of nitrogens with zero attached hydrogens (tertiary/aromatic N) is 1. The van der Waals surface area contributed by atoms with Crippen LogP contribution in [0.15, 0.2) is 30.3 Å². The number of rotatable bonds is 9. The number of amides is 1. The van der Waals surface area contributed by atoms with Gasteiger partial charge in [0.25, 0.3) is 0 Å². The third-order valence-electron chi connectivity index (χ3n) is 4.25. The van der Waals surface area contributed by atoms with Crippen LogP contribution < -0.4 is 10.7 Å². The number of benzene rings is 1. The highest BCUT2D eigenvalue weighted by molar-refractivity contribution is 6.32. The first kappa shape index (κ1) is 19.1. The Morgan fingerprint density at radius 1 is 1.24 bits per heavy atom. The Bertz CT molecular complexity index is 591. The molecule has 0 saturated carbocycles. The lowest BCUT2D eigenvalue weighted by molar-refractivity contribution is -0.149. The predicted octanol–water partition coefficient (Wildman–Crippen LogP) is 0.748. The summed E-state index contributed by atoms with van der Waals surface area (Å²) >= 11 is 0. The molecule has 7 nitrogen and oxygen atoms in total. The zero-order valence-corrected chi connectivity index (χ0v) is 14.2. The second-order valence-corrected chi connectivity index (χ2v) is 6.12. The third kappa shape index (κ3) is 6.28. The fourth-order valence-electron chi connectivity index (χ4n) is 2.90. The molecular formula is C18H25N3O4.